The molecule has 7 heteroatoms. The lowest BCUT2D eigenvalue weighted by Gasteiger charge is -2.37. The maximum Gasteiger partial charge on any atom is 0.245 e. The molecule has 0 aromatic carbocycles. The number of carbonyl (C=O) groups excluding carboxylic acids is 2. The van der Waals surface area contributed by atoms with Gasteiger partial charge in [0.2, 0.25) is 17.7 Å². The van der Waals surface area contributed by atoms with E-state index in [1.165, 1.54) is 12.0 Å². The molecule has 7 nitrogen and oxygen atoms in total. The number of carbonyl (C=O) groups is 2. The molecule has 3 unspecified atom stereocenters. The van der Waals surface area contributed by atoms with Crippen molar-refractivity contribution in [3.63, 3.8) is 0 Å². The first-order chi connectivity index (χ1) is 10.6. The van der Waals surface area contributed by atoms with E-state index in [-0.39, 0.29) is 18.4 Å². The van der Waals surface area contributed by atoms with Crippen molar-refractivity contribution in [2.24, 2.45) is 5.92 Å². The molecule has 22 heavy (non-hydrogen) atoms. The first-order valence-corrected chi connectivity index (χ1v) is 7.02. The third kappa shape index (κ3) is 2.08. The molecule has 3 heterocycles. The summed E-state index contributed by atoms with van der Waals surface area (Å²) in [5.41, 5.74) is 0.751. The Kier molecular flexibility index (Phi) is 3.45. The van der Waals surface area contributed by atoms with Gasteiger partial charge in [-0.2, -0.15) is 5.26 Å². The molecule has 0 N–H and O–H groups in total. The minimum atomic E-state index is -0.553. The zero-order valence-corrected chi connectivity index (χ0v) is 12.4. The monoisotopic (exact) mass is 300 g/mol. The maximum atomic E-state index is 12.4. The van der Waals surface area contributed by atoms with Crippen molar-refractivity contribution in [2.75, 3.05) is 20.7 Å². The number of likely N-dealkylation sites (N-methyl/N-ethyl adjacent to an activating group) is 1. The van der Waals surface area contributed by atoms with Crippen molar-refractivity contribution in [3.05, 3.63) is 23.9 Å². The average molecular weight is 300 g/mol. The summed E-state index contributed by atoms with van der Waals surface area (Å²) in [6.45, 7) is 0.0492. The van der Waals surface area contributed by atoms with Crippen LogP contribution in [0, 0.1) is 17.2 Å². The number of fused-ring (bicyclic) bond motifs is 1. The van der Waals surface area contributed by atoms with Crippen LogP contribution in [0.1, 0.15) is 18.0 Å². The van der Waals surface area contributed by atoms with Crippen LogP contribution in [0.5, 0.6) is 5.88 Å². The molecule has 3 rings (SSSR count). The summed E-state index contributed by atoms with van der Waals surface area (Å²) in [6, 6.07) is 4.73. The number of pyridine rings is 1. The molecule has 3 atom stereocenters. The fourth-order valence-corrected chi connectivity index (χ4v) is 3.24. The quantitative estimate of drug-likeness (QED) is 0.786. The molecule has 2 amide bonds. The highest BCUT2D eigenvalue weighted by Crippen LogP contribution is 2.42. The van der Waals surface area contributed by atoms with Gasteiger partial charge in [-0.25, -0.2) is 4.98 Å². The highest BCUT2D eigenvalue weighted by atomic mass is 16.5. The molecule has 2 aliphatic rings. The van der Waals surface area contributed by atoms with Crippen LogP contribution in [0.4, 0.5) is 0 Å². The molecule has 1 aromatic heterocycles. The van der Waals surface area contributed by atoms with E-state index in [1.54, 1.807) is 30.3 Å². The number of amides is 2. The highest BCUT2D eigenvalue weighted by Gasteiger charge is 2.51. The summed E-state index contributed by atoms with van der Waals surface area (Å²) in [6.07, 6.45) is 1.97. The molecule has 114 valence electrons. The van der Waals surface area contributed by atoms with Gasteiger partial charge in [0.25, 0.3) is 0 Å². The summed E-state index contributed by atoms with van der Waals surface area (Å²) >= 11 is 0. The molecule has 2 aliphatic heterocycles. The van der Waals surface area contributed by atoms with Gasteiger partial charge in [-0.15, -0.1) is 0 Å². The lowest BCUT2D eigenvalue weighted by Crippen LogP contribution is -2.56. The molecule has 0 saturated carbocycles. The predicted molar refractivity (Wildman–Crippen MR) is 75.5 cm³/mol. The van der Waals surface area contributed by atoms with Crippen molar-refractivity contribution in [1.29, 1.82) is 5.26 Å². The van der Waals surface area contributed by atoms with E-state index in [9.17, 15) is 14.9 Å². The average Bonchev–Trinajstić information content (AvgIpc) is 2.93. The van der Waals surface area contributed by atoms with Crippen molar-refractivity contribution < 1.29 is 14.3 Å². The minimum absolute atomic E-state index is 0.0492. The van der Waals surface area contributed by atoms with Gasteiger partial charge in [-0.05, 0) is 12.0 Å². The number of hydrogen-bond acceptors (Lipinski definition) is 5. The summed E-state index contributed by atoms with van der Waals surface area (Å²) in [7, 11) is 3.13. The molecule has 2 saturated heterocycles. The van der Waals surface area contributed by atoms with Gasteiger partial charge in [-0.1, -0.05) is 6.07 Å². The number of aromatic nitrogens is 1. The fourth-order valence-electron chi connectivity index (χ4n) is 3.24. The zero-order valence-electron chi connectivity index (χ0n) is 12.4. The largest absolute Gasteiger partial charge is 0.481 e. The van der Waals surface area contributed by atoms with Gasteiger partial charge in [0.05, 0.1) is 31.7 Å². The van der Waals surface area contributed by atoms with Crippen molar-refractivity contribution in [1.82, 2.24) is 14.8 Å². The van der Waals surface area contributed by atoms with Crippen LogP contribution in [-0.2, 0) is 9.59 Å². The van der Waals surface area contributed by atoms with Gasteiger partial charge in [0, 0.05) is 19.3 Å². The van der Waals surface area contributed by atoms with Gasteiger partial charge in [-0.3, -0.25) is 9.59 Å². The van der Waals surface area contributed by atoms with Crippen LogP contribution in [-0.4, -0.2) is 53.3 Å². The molecular formula is C15H16N4O3. The molecule has 0 spiro atoms. The molecular weight excluding hydrogens is 284 g/mol. The van der Waals surface area contributed by atoms with E-state index >= 15 is 0 Å². The minimum Gasteiger partial charge on any atom is -0.481 e. The van der Waals surface area contributed by atoms with E-state index in [0.717, 1.165) is 5.56 Å². The van der Waals surface area contributed by atoms with Gasteiger partial charge >= 0.3 is 0 Å². The Morgan fingerprint density at radius 3 is 2.77 bits per heavy atom. The summed E-state index contributed by atoms with van der Waals surface area (Å²) in [5.74, 6) is -0.193. The standard InChI is InChI=1S/C15H16N4O3/c1-18-8-13(20)19-11(15(18)21)5-10(6-16)14(19)9-3-4-12(22-2)17-7-9/h3-4,7,10-11,14H,5,8H2,1-2H3. The van der Waals surface area contributed by atoms with Crippen molar-refractivity contribution >= 4 is 11.8 Å². The van der Waals surface area contributed by atoms with E-state index in [0.29, 0.717) is 12.3 Å². The second kappa shape index (κ2) is 5.30. The molecule has 2 fully saturated rings. The third-order valence-corrected chi connectivity index (χ3v) is 4.29. The molecule has 1 aromatic rings. The van der Waals surface area contributed by atoms with Gasteiger partial charge in [0.15, 0.2) is 0 Å². The molecule has 0 aliphatic carbocycles. The lowest BCUT2D eigenvalue weighted by molar-refractivity contribution is -0.154. The normalized spacial score (nSPS) is 27.6. The number of methoxy groups -OCH3 is 1. The first kappa shape index (κ1) is 14.3. The Morgan fingerprint density at radius 1 is 1.41 bits per heavy atom. The van der Waals surface area contributed by atoms with Crippen LogP contribution in [0.15, 0.2) is 18.3 Å². The lowest BCUT2D eigenvalue weighted by atomic mass is 9.95. The Labute approximate surface area is 128 Å². The van der Waals surface area contributed by atoms with Crippen LogP contribution in [0.3, 0.4) is 0 Å². The Bertz CT molecular complexity index is 652. The Morgan fingerprint density at radius 2 is 2.18 bits per heavy atom. The van der Waals surface area contributed by atoms with E-state index in [4.69, 9.17) is 4.74 Å². The third-order valence-electron chi connectivity index (χ3n) is 4.29. The van der Waals surface area contributed by atoms with Gasteiger partial charge in [0.1, 0.15) is 6.04 Å². The van der Waals surface area contributed by atoms with Crippen LogP contribution >= 0.6 is 0 Å². The fraction of sp³-hybridized carbons (Fsp3) is 0.467. The van der Waals surface area contributed by atoms with Crippen LogP contribution in [0.2, 0.25) is 0 Å². The van der Waals surface area contributed by atoms with E-state index < -0.39 is 18.0 Å². The van der Waals surface area contributed by atoms with E-state index in [1.807, 2.05) is 0 Å². The smallest absolute Gasteiger partial charge is 0.245 e. The number of ether oxygens (including phenoxy) is 1. The highest BCUT2D eigenvalue weighted by molar-refractivity contribution is 5.95. The van der Waals surface area contributed by atoms with Crippen molar-refractivity contribution in [3.8, 4) is 11.9 Å². The topological polar surface area (TPSA) is 86.5 Å². The molecule has 0 radical (unpaired) electrons. The number of rotatable bonds is 2. The second-order valence-corrected chi connectivity index (χ2v) is 5.56. The van der Waals surface area contributed by atoms with Crippen molar-refractivity contribution in [2.45, 2.75) is 18.5 Å². The zero-order chi connectivity index (χ0) is 15.9. The molecule has 0 bridgehead atoms. The Hall–Kier alpha value is -2.62. The SMILES string of the molecule is COc1ccc(C2C(C#N)CC3C(=O)N(C)CC(=O)N32)cn1. The first-order valence-electron chi connectivity index (χ1n) is 7.02. The summed E-state index contributed by atoms with van der Waals surface area (Å²) in [5, 5.41) is 9.43. The summed E-state index contributed by atoms with van der Waals surface area (Å²) < 4.78 is 5.03. The van der Waals surface area contributed by atoms with Crippen LogP contribution in [0.25, 0.3) is 0 Å². The van der Waals surface area contributed by atoms with E-state index in [2.05, 4.69) is 11.1 Å². The predicted octanol–water partition coefficient (Wildman–Crippen LogP) is 0.344. The number of nitrogens with zero attached hydrogens (tertiary/aromatic N) is 4. The number of nitriles is 1. The van der Waals surface area contributed by atoms with Gasteiger partial charge < -0.3 is 14.5 Å². The number of hydrogen-bond donors (Lipinski definition) is 0. The van der Waals surface area contributed by atoms with Crippen LogP contribution < -0.4 is 4.74 Å². The number of piperazine rings is 1. The maximum absolute atomic E-state index is 12.4. The second-order valence-electron chi connectivity index (χ2n) is 5.56. The summed E-state index contributed by atoms with van der Waals surface area (Å²) in [4.78, 5) is 31.8. The Balaban J connectivity index is 1.99.